The Labute approximate surface area is 197 Å². The first-order chi connectivity index (χ1) is 15.8. The number of amides is 2. The van der Waals surface area contributed by atoms with Crippen LogP contribution >= 0.6 is 11.6 Å². The van der Waals surface area contributed by atoms with Gasteiger partial charge >= 0.3 is 6.09 Å². The summed E-state index contributed by atoms with van der Waals surface area (Å²) in [4.78, 5) is 28.9. The normalized spacial score (nSPS) is 11.2. The number of aromatic nitrogens is 1. The van der Waals surface area contributed by atoms with Gasteiger partial charge in [0.25, 0.3) is 15.9 Å². The van der Waals surface area contributed by atoms with Crippen molar-refractivity contribution >= 4 is 44.5 Å². The van der Waals surface area contributed by atoms with Crippen LogP contribution in [0.1, 0.15) is 29.8 Å². The molecule has 0 saturated carbocycles. The zero-order chi connectivity index (χ0) is 24.0. The molecule has 1 heterocycles. The van der Waals surface area contributed by atoms with Gasteiger partial charge in [0.2, 0.25) is 0 Å². The quantitative estimate of drug-likeness (QED) is 0.512. The van der Waals surface area contributed by atoms with Crippen LogP contribution in [-0.2, 0) is 21.2 Å². The molecule has 0 unspecified atom stereocenters. The first-order valence-corrected chi connectivity index (χ1v) is 12.2. The summed E-state index contributed by atoms with van der Waals surface area (Å²) >= 11 is 6.13. The minimum absolute atomic E-state index is 0.0124. The molecule has 0 aliphatic carbocycles. The van der Waals surface area contributed by atoms with Crippen molar-refractivity contribution in [1.29, 1.82) is 0 Å². The van der Waals surface area contributed by atoms with E-state index in [0.717, 1.165) is 10.9 Å². The first-order valence-electron chi connectivity index (χ1n) is 10.4. The van der Waals surface area contributed by atoms with Crippen LogP contribution in [0.3, 0.4) is 0 Å². The molecule has 0 radical (unpaired) electrons. The number of rotatable bonds is 8. The predicted octanol–water partition coefficient (Wildman–Crippen LogP) is 4.03. The van der Waals surface area contributed by atoms with Crippen molar-refractivity contribution in [3.05, 3.63) is 70.9 Å². The van der Waals surface area contributed by atoms with Crippen LogP contribution in [0.2, 0.25) is 5.02 Å². The minimum atomic E-state index is -4.01. The van der Waals surface area contributed by atoms with Crippen molar-refractivity contribution in [3.8, 4) is 0 Å². The lowest BCUT2D eigenvalue weighted by Crippen LogP contribution is -2.37. The van der Waals surface area contributed by atoms with Gasteiger partial charge < -0.3 is 10.1 Å². The predicted molar refractivity (Wildman–Crippen MR) is 126 cm³/mol. The molecule has 0 aliphatic heterocycles. The molecule has 0 bridgehead atoms. The largest absolute Gasteiger partial charge is 0.449 e. The van der Waals surface area contributed by atoms with Gasteiger partial charge in [-0.1, -0.05) is 29.8 Å². The second-order valence-corrected chi connectivity index (χ2v) is 9.35. The van der Waals surface area contributed by atoms with Crippen LogP contribution in [0.5, 0.6) is 0 Å². The molecule has 10 heteroatoms. The molecule has 33 heavy (non-hydrogen) atoms. The van der Waals surface area contributed by atoms with Crippen molar-refractivity contribution in [2.45, 2.75) is 25.2 Å². The van der Waals surface area contributed by atoms with Gasteiger partial charge in [0.15, 0.2) is 0 Å². The SMILES string of the molecule is CCOC(=O)N(CC)S(=O)(=O)c1ccc(CCNC(=O)c2cc(Cl)cc3cccnc23)cc1. The third-order valence-electron chi connectivity index (χ3n) is 4.88. The molecular formula is C23H24ClN3O5S. The van der Waals surface area contributed by atoms with E-state index in [1.165, 1.54) is 12.1 Å². The summed E-state index contributed by atoms with van der Waals surface area (Å²) in [6.07, 6.45) is 1.19. The number of fused-ring (bicyclic) bond motifs is 1. The Morgan fingerprint density at radius 1 is 1.12 bits per heavy atom. The number of carbonyl (C=O) groups is 2. The summed E-state index contributed by atoms with van der Waals surface area (Å²) in [5, 5.41) is 4.06. The van der Waals surface area contributed by atoms with Gasteiger partial charge in [-0.05, 0) is 56.2 Å². The summed E-state index contributed by atoms with van der Waals surface area (Å²) in [6, 6.07) is 13.1. The first kappa shape index (κ1) is 24.5. The number of nitrogens with zero attached hydrogens (tertiary/aromatic N) is 2. The number of nitrogens with one attached hydrogen (secondary N) is 1. The highest BCUT2D eigenvalue weighted by Gasteiger charge is 2.28. The van der Waals surface area contributed by atoms with E-state index in [4.69, 9.17) is 16.3 Å². The number of carbonyl (C=O) groups excluding carboxylic acids is 2. The molecular weight excluding hydrogens is 466 g/mol. The second-order valence-electron chi connectivity index (χ2n) is 7.05. The molecule has 0 aliphatic rings. The minimum Gasteiger partial charge on any atom is -0.449 e. The van der Waals surface area contributed by atoms with E-state index in [0.29, 0.717) is 33.4 Å². The Morgan fingerprint density at radius 3 is 2.52 bits per heavy atom. The van der Waals surface area contributed by atoms with E-state index in [1.807, 2.05) is 6.07 Å². The third-order valence-corrected chi connectivity index (χ3v) is 6.96. The average molecular weight is 490 g/mol. The molecule has 174 valence electrons. The van der Waals surface area contributed by atoms with Gasteiger partial charge in [-0.15, -0.1) is 0 Å². The lowest BCUT2D eigenvalue weighted by molar-refractivity contribution is 0.0955. The zero-order valence-electron chi connectivity index (χ0n) is 18.2. The monoisotopic (exact) mass is 489 g/mol. The van der Waals surface area contributed by atoms with Crippen molar-refractivity contribution in [2.24, 2.45) is 0 Å². The summed E-state index contributed by atoms with van der Waals surface area (Å²) in [5.74, 6) is -0.298. The molecule has 2 amide bonds. The van der Waals surface area contributed by atoms with Crippen LogP contribution in [0.15, 0.2) is 59.6 Å². The number of pyridine rings is 1. The Morgan fingerprint density at radius 2 is 1.85 bits per heavy atom. The highest BCUT2D eigenvalue weighted by atomic mass is 35.5. The van der Waals surface area contributed by atoms with E-state index in [1.54, 1.807) is 50.4 Å². The summed E-state index contributed by atoms with van der Waals surface area (Å²) in [6.45, 7) is 3.54. The smallest absolute Gasteiger partial charge is 0.423 e. The number of halogens is 1. The fourth-order valence-electron chi connectivity index (χ4n) is 3.29. The van der Waals surface area contributed by atoms with E-state index < -0.39 is 16.1 Å². The van der Waals surface area contributed by atoms with Crippen molar-refractivity contribution < 1.29 is 22.7 Å². The van der Waals surface area contributed by atoms with Crippen molar-refractivity contribution in [3.63, 3.8) is 0 Å². The topological polar surface area (TPSA) is 106 Å². The fraction of sp³-hybridized carbons (Fsp3) is 0.261. The molecule has 3 rings (SSSR count). The van der Waals surface area contributed by atoms with Crippen molar-refractivity contribution in [1.82, 2.24) is 14.6 Å². The van der Waals surface area contributed by atoms with Crippen molar-refractivity contribution in [2.75, 3.05) is 19.7 Å². The molecule has 1 N–H and O–H groups in total. The number of hydrogen-bond donors (Lipinski definition) is 1. The van der Waals surface area contributed by atoms with Gasteiger partial charge in [0.1, 0.15) is 0 Å². The van der Waals surface area contributed by atoms with E-state index in [-0.39, 0.29) is 24.0 Å². The average Bonchev–Trinajstić information content (AvgIpc) is 2.79. The maximum Gasteiger partial charge on any atom is 0.423 e. The lowest BCUT2D eigenvalue weighted by Gasteiger charge is -2.20. The Balaban J connectivity index is 1.66. The van der Waals surface area contributed by atoms with Gasteiger partial charge in [0, 0.05) is 29.7 Å². The van der Waals surface area contributed by atoms with Crippen LogP contribution in [0.25, 0.3) is 10.9 Å². The third kappa shape index (κ3) is 5.61. The van der Waals surface area contributed by atoms with Crippen LogP contribution in [-0.4, -0.2) is 49.4 Å². The Kier molecular flexibility index (Phi) is 7.88. The van der Waals surface area contributed by atoms with Crippen LogP contribution in [0, 0.1) is 0 Å². The van der Waals surface area contributed by atoms with Gasteiger partial charge in [-0.3, -0.25) is 9.78 Å². The van der Waals surface area contributed by atoms with Crippen LogP contribution < -0.4 is 5.32 Å². The molecule has 0 atom stereocenters. The molecule has 1 aromatic heterocycles. The molecule has 8 nitrogen and oxygen atoms in total. The fourth-order valence-corrected chi connectivity index (χ4v) is 4.84. The second kappa shape index (κ2) is 10.6. The highest BCUT2D eigenvalue weighted by molar-refractivity contribution is 7.89. The van der Waals surface area contributed by atoms with Gasteiger partial charge in [0.05, 0.1) is 22.6 Å². The molecule has 0 saturated heterocycles. The van der Waals surface area contributed by atoms with E-state index in [2.05, 4.69) is 10.3 Å². The number of sulfonamides is 1. The lowest BCUT2D eigenvalue weighted by atomic mass is 10.1. The molecule has 0 fully saturated rings. The van der Waals surface area contributed by atoms with Gasteiger partial charge in [-0.2, -0.15) is 0 Å². The summed E-state index contributed by atoms with van der Waals surface area (Å²) in [5.41, 5.74) is 1.77. The summed E-state index contributed by atoms with van der Waals surface area (Å²) in [7, 11) is -4.01. The Bertz CT molecular complexity index is 1260. The van der Waals surface area contributed by atoms with Gasteiger partial charge in [-0.25, -0.2) is 17.5 Å². The van der Waals surface area contributed by atoms with E-state index in [9.17, 15) is 18.0 Å². The zero-order valence-corrected chi connectivity index (χ0v) is 19.8. The maximum atomic E-state index is 12.7. The molecule has 3 aromatic rings. The number of hydrogen-bond acceptors (Lipinski definition) is 6. The van der Waals surface area contributed by atoms with E-state index >= 15 is 0 Å². The molecule has 0 spiro atoms. The highest BCUT2D eigenvalue weighted by Crippen LogP contribution is 2.22. The van der Waals surface area contributed by atoms with Crippen LogP contribution in [0.4, 0.5) is 4.79 Å². The number of benzene rings is 2. The summed E-state index contributed by atoms with van der Waals surface area (Å²) < 4.78 is 31.0. The standard InChI is InChI=1S/C23H24ClN3O5S/c1-3-27(23(29)32-4-2)33(30,31)19-9-7-16(8-10-19)11-13-26-22(28)20-15-18(24)14-17-6-5-12-25-21(17)20/h5-10,12,14-15H,3-4,11,13H2,1-2H3,(H,26,28). The Hall–Kier alpha value is -3.17. The maximum absolute atomic E-state index is 12.7. The number of ether oxygens (including phenoxy) is 1. The molecule has 2 aromatic carbocycles.